The minimum atomic E-state index is -0.505. The van der Waals surface area contributed by atoms with Crippen molar-refractivity contribution in [3.63, 3.8) is 0 Å². The Morgan fingerprint density at radius 1 is 1.14 bits per heavy atom. The molecule has 5 unspecified atom stereocenters. The highest BCUT2D eigenvalue weighted by Gasteiger charge is 2.59. The lowest BCUT2D eigenvalue weighted by Crippen LogP contribution is -2.49. The first-order chi connectivity index (χ1) is 9.67. The Bertz CT molecular complexity index is 443. The third-order valence-corrected chi connectivity index (χ3v) is 7.64. The van der Waals surface area contributed by atoms with Crippen LogP contribution in [0.15, 0.2) is 11.6 Å². The first kappa shape index (κ1) is 15.6. The fourth-order valence-electron chi connectivity index (χ4n) is 6.38. The first-order valence-corrected chi connectivity index (χ1v) is 9.05. The van der Waals surface area contributed by atoms with Crippen LogP contribution in [-0.2, 0) is 0 Å². The van der Waals surface area contributed by atoms with E-state index in [1.165, 1.54) is 44.9 Å². The number of rotatable bonds is 1. The van der Waals surface area contributed by atoms with E-state index in [0.717, 1.165) is 11.8 Å². The van der Waals surface area contributed by atoms with Crippen LogP contribution in [0.4, 0.5) is 0 Å². The van der Waals surface area contributed by atoms with Gasteiger partial charge in [0, 0.05) is 0 Å². The summed E-state index contributed by atoms with van der Waals surface area (Å²) in [7, 11) is 0. The van der Waals surface area contributed by atoms with Crippen molar-refractivity contribution in [3.8, 4) is 0 Å². The third-order valence-electron chi connectivity index (χ3n) is 7.64. The van der Waals surface area contributed by atoms with Crippen LogP contribution in [0.5, 0.6) is 0 Å². The zero-order valence-electron chi connectivity index (χ0n) is 14.7. The summed E-state index contributed by atoms with van der Waals surface area (Å²) in [6.07, 6.45) is 11.7. The van der Waals surface area contributed by atoms with E-state index >= 15 is 0 Å². The summed E-state index contributed by atoms with van der Waals surface area (Å²) < 4.78 is 0. The van der Waals surface area contributed by atoms with E-state index in [1.807, 2.05) is 13.8 Å². The molecule has 3 rings (SSSR count). The molecule has 2 fully saturated rings. The maximum atomic E-state index is 10.6. The highest BCUT2D eigenvalue weighted by molar-refractivity contribution is 5.14. The average Bonchev–Trinajstić information content (AvgIpc) is 2.64. The van der Waals surface area contributed by atoms with Crippen LogP contribution in [0.1, 0.15) is 79.6 Å². The molecule has 0 aromatic heterocycles. The van der Waals surface area contributed by atoms with E-state index in [9.17, 15) is 5.11 Å². The predicted molar refractivity (Wildman–Crippen MR) is 89.1 cm³/mol. The monoisotopic (exact) mass is 290 g/mol. The van der Waals surface area contributed by atoms with Gasteiger partial charge >= 0.3 is 0 Å². The molecule has 3 aliphatic carbocycles. The number of aliphatic hydroxyl groups is 1. The van der Waals surface area contributed by atoms with Gasteiger partial charge in [-0.05, 0) is 94.3 Å². The molecule has 120 valence electrons. The van der Waals surface area contributed by atoms with Crippen LogP contribution >= 0.6 is 0 Å². The van der Waals surface area contributed by atoms with E-state index in [4.69, 9.17) is 0 Å². The molecular formula is C20H34O. The second kappa shape index (κ2) is 4.85. The second-order valence-electron chi connectivity index (χ2n) is 9.45. The van der Waals surface area contributed by atoms with Gasteiger partial charge in [-0.15, -0.1) is 0 Å². The molecule has 0 aromatic rings. The maximum absolute atomic E-state index is 10.6. The zero-order valence-corrected chi connectivity index (χ0v) is 14.7. The molecule has 0 bridgehead atoms. The van der Waals surface area contributed by atoms with Crippen molar-refractivity contribution < 1.29 is 5.11 Å². The summed E-state index contributed by atoms with van der Waals surface area (Å²) in [5.74, 6) is 2.07. The van der Waals surface area contributed by atoms with Gasteiger partial charge in [-0.1, -0.05) is 25.5 Å². The summed E-state index contributed by atoms with van der Waals surface area (Å²) in [5, 5.41) is 10.6. The molecule has 1 heteroatoms. The van der Waals surface area contributed by atoms with E-state index in [1.54, 1.807) is 5.57 Å². The standard InChI is InChI=1S/C20H34O/c1-14-6-7-17-19(4,11-8-14)12-9-16-15(18(2,3)21)10-13-20(16,17)5/h8,15-17,21H,6-7,9-13H2,1-5H3. The minimum absolute atomic E-state index is 0.454. The summed E-state index contributed by atoms with van der Waals surface area (Å²) >= 11 is 0. The van der Waals surface area contributed by atoms with Crippen molar-refractivity contribution in [2.24, 2.45) is 28.6 Å². The summed E-state index contributed by atoms with van der Waals surface area (Å²) in [4.78, 5) is 0. The number of hydrogen-bond donors (Lipinski definition) is 1. The van der Waals surface area contributed by atoms with Crippen molar-refractivity contribution in [1.82, 2.24) is 0 Å². The molecule has 1 N–H and O–H groups in total. The largest absolute Gasteiger partial charge is 0.390 e. The summed E-state index contributed by atoms with van der Waals surface area (Å²) in [5.41, 5.74) is 2.05. The Balaban J connectivity index is 1.92. The van der Waals surface area contributed by atoms with Gasteiger partial charge < -0.3 is 5.11 Å². The molecule has 0 heterocycles. The van der Waals surface area contributed by atoms with E-state index in [0.29, 0.717) is 16.7 Å². The summed E-state index contributed by atoms with van der Waals surface area (Å²) in [6, 6.07) is 0. The Morgan fingerprint density at radius 2 is 1.86 bits per heavy atom. The van der Waals surface area contributed by atoms with Gasteiger partial charge in [0.1, 0.15) is 0 Å². The van der Waals surface area contributed by atoms with Crippen molar-refractivity contribution in [2.75, 3.05) is 0 Å². The number of fused-ring (bicyclic) bond motifs is 3. The van der Waals surface area contributed by atoms with Gasteiger partial charge in [-0.3, -0.25) is 0 Å². The molecule has 0 aromatic carbocycles. The van der Waals surface area contributed by atoms with Crippen molar-refractivity contribution >= 4 is 0 Å². The van der Waals surface area contributed by atoms with Crippen molar-refractivity contribution in [1.29, 1.82) is 0 Å². The van der Waals surface area contributed by atoms with Crippen LogP contribution in [0, 0.1) is 28.6 Å². The molecule has 0 radical (unpaired) electrons. The van der Waals surface area contributed by atoms with Gasteiger partial charge in [0.15, 0.2) is 0 Å². The van der Waals surface area contributed by atoms with Crippen LogP contribution in [-0.4, -0.2) is 10.7 Å². The Labute approximate surface area is 131 Å². The van der Waals surface area contributed by atoms with E-state index in [-0.39, 0.29) is 0 Å². The lowest BCUT2D eigenvalue weighted by Gasteiger charge is -2.55. The Hall–Kier alpha value is -0.300. The van der Waals surface area contributed by atoms with Gasteiger partial charge in [0.05, 0.1) is 5.60 Å². The molecule has 3 aliphatic rings. The van der Waals surface area contributed by atoms with E-state index in [2.05, 4.69) is 26.8 Å². The quantitative estimate of drug-likeness (QED) is 0.647. The van der Waals surface area contributed by atoms with Crippen LogP contribution in [0.25, 0.3) is 0 Å². The number of allylic oxidation sites excluding steroid dienone is 2. The maximum Gasteiger partial charge on any atom is 0.0622 e. The summed E-state index contributed by atoms with van der Waals surface area (Å²) in [6.45, 7) is 11.5. The van der Waals surface area contributed by atoms with Crippen LogP contribution in [0.2, 0.25) is 0 Å². The van der Waals surface area contributed by atoms with Crippen LogP contribution < -0.4 is 0 Å². The smallest absolute Gasteiger partial charge is 0.0622 e. The molecule has 5 atom stereocenters. The molecule has 1 nitrogen and oxygen atoms in total. The van der Waals surface area contributed by atoms with Gasteiger partial charge in [0.25, 0.3) is 0 Å². The SMILES string of the molecule is CC1=CCC2(C)CCC3C(C(C)(C)O)CCC3(C)C2CC1. The zero-order chi connectivity index (χ0) is 15.5. The van der Waals surface area contributed by atoms with Gasteiger partial charge in [0.2, 0.25) is 0 Å². The van der Waals surface area contributed by atoms with Gasteiger partial charge in [-0.25, -0.2) is 0 Å². The first-order valence-electron chi connectivity index (χ1n) is 9.05. The lowest BCUT2D eigenvalue weighted by molar-refractivity contribution is -0.0843. The van der Waals surface area contributed by atoms with E-state index < -0.39 is 5.60 Å². The molecular weight excluding hydrogens is 256 g/mol. The second-order valence-corrected chi connectivity index (χ2v) is 9.45. The normalized spacial score (nSPS) is 47.3. The minimum Gasteiger partial charge on any atom is -0.390 e. The van der Waals surface area contributed by atoms with Crippen molar-refractivity contribution in [3.05, 3.63) is 11.6 Å². The Kier molecular flexibility index (Phi) is 3.60. The molecule has 21 heavy (non-hydrogen) atoms. The lowest BCUT2D eigenvalue weighted by atomic mass is 9.50. The molecule has 0 amide bonds. The number of hydrogen-bond acceptors (Lipinski definition) is 1. The fourth-order valence-corrected chi connectivity index (χ4v) is 6.38. The average molecular weight is 290 g/mol. The predicted octanol–water partition coefficient (Wildman–Crippen LogP) is 5.34. The fraction of sp³-hybridized carbons (Fsp3) is 0.900. The van der Waals surface area contributed by atoms with Gasteiger partial charge in [-0.2, -0.15) is 0 Å². The molecule has 2 saturated carbocycles. The molecule has 0 saturated heterocycles. The Morgan fingerprint density at radius 3 is 2.52 bits per heavy atom. The highest BCUT2D eigenvalue weighted by Crippen LogP contribution is 2.66. The molecule has 0 spiro atoms. The van der Waals surface area contributed by atoms with Crippen LogP contribution in [0.3, 0.4) is 0 Å². The third kappa shape index (κ3) is 2.40. The molecule has 0 aliphatic heterocycles. The van der Waals surface area contributed by atoms with Crippen molar-refractivity contribution in [2.45, 2.75) is 85.2 Å². The topological polar surface area (TPSA) is 20.2 Å². The highest BCUT2D eigenvalue weighted by atomic mass is 16.3.